The van der Waals surface area contributed by atoms with E-state index in [1.54, 1.807) is 27.7 Å². The van der Waals surface area contributed by atoms with E-state index in [1.165, 1.54) is 18.2 Å². The standard InChI is InChI=1S/C15H21NO6/c1-5-21-13(19)12(18)9-7-6-8-10(17)11(9)16-14(20)22-15(2,3)4/h6-8,12,17-18H,5H2,1-4H3,(H,16,20). The Morgan fingerprint density at radius 2 is 1.95 bits per heavy atom. The number of carbonyl (C=O) groups excluding carboxylic acids is 2. The minimum atomic E-state index is -1.63. The molecule has 1 aromatic rings. The van der Waals surface area contributed by atoms with Crippen molar-refractivity contribution in [3.05, 3.63) is 23.8 Å². The third-order valence-corrected chi connectivity index (χ3v) is 2.51. The second kappa shape index (κ2) is 7.13. The average molecular weight is 311 g/mol. The second-order valence-electron chi connectivity index (χ2n) is 5.52. The van der Waals surface area contributed by atoms with Gasteiger partial charge in [0.1, 0.15) is 11.4 Å². The van der Waals surface area contributed by atoms with Crippen molar-refractivity contribution in [2.75, 3.05) is 11.9 Å². The van der Waals surface area contributed by atoms with Crippen LogP contribution in [-0.2, 0) is 14.3 Å². The van der Waals surface area contributed by atoms with Gasteiger partial charge < -0.3 is 19.7 Å². The molecule has 122 valence electrons. The van der Waals surface area contributed by atoms with Gasteiger partial charge in [-0.2, -0.15) is 0 Å². The SMILES string of the molecule is CCOC(=O)C(O)c1cccc(O)c1NC(=O)OC(C)(C)C. The van der Waals surface area contributed by atoms with Crippen LogP contribution in [0.4, 0.5) is 10.5 Å². The number of carbonyl (C=O) groups is 2. The molecule has 1 amide bonds. The first kappa shape index (κ1) is 17.8. The number of phenolic OH excluding ortho intramolecular Hbond substituents is 1. The van der Waals surface area contributed by atoms with Crippen molar-refractivity contribution >= 4 is 17.7 Å². The van der Waals surface area contributed by atoms with Gasteiger partial charge in [0.15, 0.2) is 6.10 Å². The number of aliphatic hydroxyl groups excluding tert-OH is 1. The molecule has 1 atom stereocenters. The molecule has 1 unspecified atom stereocenters. The van der Waals surface area contributed by atoms with Crippen LogP contribution in [0.25, 0.3) is 0 Å². The normalized spacial score (nSPS) is 12.4. The summed E-state index contributed by atoms with van der Waals surface area (Å²) in [7, 11) is 0. The summed E-state index contributed by atoms with van der Waals surface area (Å²) in [5.41, 5.74) is -0.810. The second-order valence-corrected chi connectivity index (χ2v) is 5.52. The van der Waals surface area contributed by atoms with Crippen molar-refractivity contribution in [3.8, 4) is 5.75 Å². The summed E-state index contributed by atoms with van der Waals surface area (Å²) in [5, 5.41) is 22.2. The monoisotopic (exact) mass is 311 g/mol. The Kier molecular flexibility index (Phi) is 5.76. The summed E-state index contributed by atoms with van der Waals surface area (Å²) in [5.74, 6) is -1.17. The van der Waals surface area contributed by atoms with Crippen molar-refractivity contribution in [2.45, 2.75) is 39.4 Å². The molecule has 0 aromatic heterocycles. The van der Waals surface area contributed by atoms with Gasteiger partial charge in [-0.1, -0.05) is 12.1 Å². The van der Waals surface area contributed by atoms with Gasteiger partial charge in [-0.25, -0.2) is 9.59 Å². The Hall–Kier alpha value is -2.28. The zero-order chi connectivity index (χ0) is 16.9. The number of nitrogens with one attached hydrogen (secondary N) is 1. The van der Waals surface area contributed by atoms with Gasteiger partial charge in [0.05, 0.1) is 12.3 Å². The molecule has 7 nitrogen and oxygen atoms in total. The fourth-order valence-corrected chi connectivity index (χ4v) is 1.68. The van der Waals surface area contributed by atoms with Crippen LogP contribution in [0.1, 0.15) is 39.4 Å². The number of hydrogen-bond acceptors (Lipinski definition) is 6. The van der Waals surface area contributed by atoms with Gasteiger partial charge in [0.2, 0.25) is 0 Å². The van der Waals surface area contributed by atoms with Crippen molar-refractivity contribution in [3.63, 3.8) is 0 Å². The first-order valence-corrected chi connectivity index (χ1v) is 6.82. The predicted molar refractivity (Wildman–Crippen MR) is 79.6 cm³/mol. The Balaban J connectivity index is 3.04. The maximum Gasteiger partial charge on any atom is 0.412 e. The number of hydrogen-bond donors (Lipinski definition) is 3. The molecule has 0 aliphatic rings. The van der Waals surface area contributed by atoms with E-state index in [1.807, 2.05) is 0 Å². The summed E-state index contributed by atoms with van der Waals surface area (Å²) < 4.78 is 9.80. The minimum Gasteiger partial charge on any atom is -0.506 e. The number of amides is 1. The number of ether oxygens (including phenoxy) is 2. The molecule has 0 aliphatic carbocycles. The van der Waals surface area contributed by atoms with Crippen LogP contribution >= 0.6 is 0 Å². The number of anilines is 1. The lowest BCUT2D eigenvalue weighted by molar-refractivity contribution is -0.153. The Morgan fingerprint density at radius 3 is 2.50 bits per heavy atom. The Labute approximate surface area is 128 Å². The van der Waals surface area contributed by atoms with Gasteiger partial charge in [-0.3, -0.25) is 5.32 Å². The lowest BCUT2D eigenvalue weighted by atomic mass is 10.1. The van der Waals surface area contributed by atoms with Gasteiger partial charge in [0, 0.05) is 5.56 Å². The van der Waals surface area contributed by atoms with Gasteiger partial charge in [-0.15, -0.1) is 0 Å². The number of rotatable bonds is 4. The lowest BCUT2D eigenvalue weighted by Crippen LogP contribution is -2.28. The fourth-order valence-electron chi connectivity index (χ4n) is 1.68. The number of aromatic hydroxyl groups is 1. The topological polar surface area (TPSA) is 105 Å². The van der Waals surface area contributed by atoms with Crippen molar-refractivity contribution in [1.29, 1.82) is 0 Å². The predicted octanol–water partition coefficient (Wildman–Crippen LogP) is 2.34. The van der Waals surface area contributed by atoms with E-state index < -0.39 is 23.8 Å². The highest BCUT2D eigenvalue weighted by atomic mass is 16.6. The zero-order valence-corrected chi connectivity index (χ0v) is 13.0. The van der Waals surface area contributed by atoms with E-state index in [2.05, 4.69) is 5.32 Å². The van der Waals surface area contributed by atoms with E-state index >= 15 is 0 Å². The summed E-state index contributed by atoms with van der Waals surface area (Å²) >= 11 is 0. The highest BCUT2D eigenvalue weighted by Gasteiger charge is 2.25. The first-order valence-electron chi connectivity index (χ1n) is 6.82. The third kappa shape index (κ3) is 4.92. The molecular formula is C15H21NO6. The smallest absolute Gasteiger partial charge is 0.412 e. The highest BCUT2D eigenvalue weighted by Crippen LogP contribution is 2.32. The van der Waals surface area contributed by atoms with Crippen LogP contribution in [0.3, 0.4) is 0 Å². The van der Waals surface area contributed by atoms with E-state index in [-0.39, 0.29) is 23.6 Å². The van der Waals surface area contributed by atoms with Gasteiger partial charge >= 0.3 is 12.1 Å². The Bertz CT molecular complexity index is 549. The van der Waals surface area contributed by atoms with Crippen LogP contribution in [0.5, 0.6) is 5.75 Å². The van der Waals surface area contributed by atoms with Crippen LogP contribution in [0.15, 0.2) is 18.2 Å². The number of benzene rings is 1. The van der Waals surface area contributed by atoms with Gasteiger partial charge in [0.25, 0.3) is 0 Å². The summed E-state index contributed by atoms with van der Waals surface area (Å²) in [6.07, 6.45) is -2.44. The summed E-state index contributed by atoms with van der Waals surface area (Å²) in [4.78, 5) is 23.4. The first-order chi connectivity index (χ1) is 10.2. The van der Waals surface area contributed by atoms with E-state index in [0.717, 1.165) is 0 Å². The van der Waals surface area contributed by atoms with Crippen molar-refractivity contribution < 1.29 is 29.3 Å². The minimum absolute atomic E-state index is 0.0179. The van der Waals surface area contributed by atoms with Crippen LogP contribution < -0.4 is 5.32 Å². The number of aliphatic hydroxyl groups is 1. The highest BCUT2D eigenvalue weighted by molar-refractivity contribution is 5.90. The molecule has 0 heterocycles. The molecule has 0 aliphatic heterocycles. The molecular weight excluding hydrogens is 290 g/mol. The number of esters is 1. The molecule has 0 saturated carbocycles. The molecule has 0 saturated heterocycles. The van der Waals surface area contributed by atoms with Crippen LogP contribution in [0, 0.1) is 0 Å². The van der Waals surface area contributed by atoms with E-state index in [0.29, 0.717) is 0 Å². The maximum atomic E-state index is 11.8. The molecule has 0 radical (unpaired) electrons. The van der Waals surface area contributed by atoms with Crippen LogP contribution in [-0.4, -0.2) is 34.5 Å². The van der Waals surface area contributed by atoms with Crippen molar-refractivity contribution in [2.24, 2.45) is 0 Å². The summed E-state index contributed by atoms with van der Waals surface area (Å²) in [6.45, 7) is 6.76. The van der Waals surface area contributed by atoms with E-state index in [4.69, 9.17) is 9.47 Å². The zero-order valence-electron chi connectivity index (χ0n) is 13.0. The molecule has 0 spiro atoms. The lowest BCUT2D eigenvalue weighted by Gasteiger charge is -2.21. The molecule has 3 N–H and O–H groups in total. The third-order valence-electron chi connectivity index (χ3n) is 2.51. The fraction of sp³-hybridized carbons (Fsp3) is 0.467. The van der Waals surface area contributed by atoms with Crippen molar-refractivity contribution in [1.82, 2.24) is 0 Å². The number of phenols is 1. The van der Waals surface area contributed by atoms with E-state index in [9.17, 15) is 19.8 Å². The largest absolute Gasteiger partial charge is 0.506 e. The van der Waals surface area contributed by atoms with Gasteiger partial charge in [-0.05, 0) is 33.8 Å². The quantitative estimate of drug-likeness (QED) is 0.582. The van der Waals surface area contributed by atoms with Crippen LogP contribution in [0.2, 0.25) is 0 Å². The summed E-state index contributed by atoms with van der Waals surface area (Å²) in [6, 6.07) is 4.15. The Morgan fingerprint density at radius 1 is 1.32 bits per heavy atom. The maximum absolute atomic E-state index is 11.8. The molecule has 1 aromatic carbocycles. The molecule has 1 rings (SSSR count). The molecule has 0 fully saturated rings. The molecule has 7 heteroatoms. The number of para-hydroxylation sites is 1. The molecule has 22 heavy (non-hydrogen) atoms. The molecule has 0 bridgehead atoms. The average Bonchev–Trinajstić information content (AvgIpc) is 2.38.